The number of hydrogen-bond donors (Lipinski definition) is 1. The predicted octanol–water partition coefficient (Wildman–Crippen LogP) is 7.08. The molecule has 8 nitrogen and oxygen atoms in total. The van der Waals surface area contributed by atoms with Crippen molar-refractivity contribution in [2.45, 2.75) is 18.9 Å². The van der Waals surface area contributed by atoms with Crippen LogP contribution in [0.15, 0.2) is 110 Å². The van der Waals surface area contributed by atoms with Crippen LogP contribution >= 0.6 is 0 Å². The molecule has 4 aromatic rings. The fourth-order valence-corrected chi connectivity index (χ4v) is 4.36. The summed E-state index contributed by atoms with van der Waals surface area (Å²) in [5.74, 6) is 0.521. The van der Waals surface area contributed by atoms with Crippen molar-refractivity contribution in [3.8, 4) is 22.6 Å². The molecule has 0 bridgehead atoms. The summed E-state index contributed by atoms with van der Waals surface area (Å²) in [6.45, 7) is 8.10. The Bertz CT molecular complexity index is 1530. The lowest BCUT2D eigenvalue weighted by Gasteiger charge is -2.16. The van der Waals surface area contributed by atoms with Gasteiger partial charge in [0.1, 0.15) is 17.6 Å². The molecule has 0 spiro atoms. The normalized spacial score (nSPS) is 11.4. The minimum Gasteiger partial charge on any atom is -0.493 e. The minimum atomic E-state index is -0.662. The molecule has 0 amide bonds. The Balaban J connectivity index is 1.33. The van der Waals surface area contributed by atoms with Crippen molar-refractivity contribution < 1.29 is 38.7 Å². The van der Waals surface area contributed by atoms with E-state index in [9.17, 15) is 14.8 Å². The van der Waals surface area contributed by atoms with Crippen molar-refractivity contribution in [3.05, 3.63) is 121 Å². The second-order valence-electron chi connectivity index (χ2n) is 9.55. The summed E-state index contributed by atoms with van der Waals surface area (Å²) >= 11 is 0. The topological polar surface area (TPSA) is 101 Å². The largest absolute Gasteiger partial charge is 0.493 e. The van der Waals surface area contributed by atoms with Crippen molar-refractivity contribution in [1.82, 2.24) is 0 Å². The van der Waals surface area contributed by atoms with Crippen LogP contribution in [0.25, 0.3) is 21.9 Å². The molecule has 0 aromatic heterocycles. The summed E-state index contributed by atoms with van der Waals surface area (Å²) in [5, 5.41) is 11.8. The molecule has 4 aromatic carbocycles. The van der Waals surface area contributed by atoms with Crippen molar-refractivity contribution in [3.63, 3.8) is 0 Å². The Morgan fingerprint density at radius 1 is 0.628 bits per heavy atom. The van der Waals surface area contributed by atoms with Gasteiger partial charge in [-0.15, -0.1) is 0 Å². The fourth-order valence-electron chi connectivity index (χ4n) is 4.36. The fraction of sp³-hybridized carbons (Fsp3) is 0.200. The molecule has 0 aliphatic heterocycles. The smallest absolute Gasteiger partial charge is 0.330 e. The summed E-state index contributed by atoms with van der Waals surface area (Å²) in [7, 11) is 0. The second-order valence-corrected chi connectivity index (χ2v) is 9.55. The predicted molar refractivity (Wildman–Crippen MR) is 164 cm³/mol. The third kappa shape index (κ3) is 9.03. The summed E-state index contributed by atoms with van der Waals surface area (Å²) in [5.41, 5.74) is 3.65. The first kappa shape index (κ1) is 31.0. The number of hydrogen-bond acceptors (Lipinski definition) is 8. The van der Waals surface area contributed by atoms with Gasteiger partial charge in [0.25, 0.3) is 0 Å². The zero-order valence-corrected chi connectivity index (χ0v) is 23.8. The maximum atomic E-state index is 11.1. The van der Waals surface area contributed by atoms with Crippen LogP contribution in [-0.2, 0) is 24.0 Å². The number of benzene rings is 4. The molecule has 8 heteroatoms. The van der Waals surface area contributed by atoms with E-state index >= 15 is 0 Å². The molecular weight excluding hydrogens is 548 g/mol. The Kier molecular flexibility index (Phi) is 11.5. The van der Waals surface area contributed by atoms with E-state index in [4.69, 9.17) is 23.8 Å². The van der Waals surface area contributed by atoms with Crippen LogP contribution in [-0.4, -0.2) is 43.6 Å². The van der Waals surface area contributed by atoms with Crippen LogP contribution in [0.3, 0.4) is 0 Å². The van der Waals surface area contributed by atoms with Gasteiger partial charge >= 0.3 is 11.9 Å². The van der Waals surface area contributed by atoms with Crippen molar-refractivity contribution in [1.29, 1.82) is 0 Å². The summed E-state index contributed by atoms with van der Waals surface area (Å²) < 4.78 is 21.4. The monoisotopic (exact) mass is 582 g/mol. The first-order valence-electron chi connectivity index (χ1n) is 13.9. The lowest BCUT2D eigenvalue weighted by Crippen LogP contribution is -2.07. The van der Waals surface area contributed by atoms with Crippen LogP contribution < -0.4 is 9.47 Å². The van der Waals surface area contributed by atoms with E-state index in [0.717, 1.165) is 50.9 Å². The Labute approximate surface area is 250 Å². The molecule has 43 heavy (non-hydrogen) atoms. The standard InChI is InChI=1S/C35H34O8/c1-3-33(36)41-21-5-19-39-31-16-13-27(14-17-31)35(43-38)26-9-7-25(8-10-26)28-11-12-30-24-32(18-15-29(30)23-28)40-20-6-22-42-34(37)4-2/h3-4,7-18,23-24,35,38H,1-2,5-6,19-22H2. The van der Waals surface area contributed by atoms with Crippen LogP contribution in [0.5, 0.6) is 11.5 Å². The van der Waals surface area contributed by atoms with E-state index in [1.807, 2.05) is 60.7 Å². The van der Waals surface area contributed by atoms with Crippen molar-refractivity contribution in [2.24, 2.45) is 0 Å². The van der Waals surface area contributed by atoms with Gasteiger partial charge in [0.15, 0.2) is 0 Å². The molecule has 4 rings (SSSR count). The number of esters is 2. The van der Waals surface area contributed by atoms with E-state index in [1.165, 1.54) is 0 Å². The molecule has 0 aliphatic rings. The molecule has 0 fully saturated rings. The van der Waals surface area contributed by atoms with Crippen molar-refractivity contribution in [2.75, 3.05) is 26.4 Å². The van der Waals surface area contributed by atoms with Gasteiger partial charge < -0.3 is 18.9 Å². The van der Waals surface area contributed by atoms with E-state index < -0.39 is 18.0 Å². The van der Waals surface area contributed by atoms with Crippen LogP contribution in [0.1, 0.15) is 30.1 Å². The van der Waals surface area contributed by atoms with Crippen LogP contribution in [0, 0.1) is 0 Å². The van der Waals surface area contributed by atoms with Gasteiger partial charge in [-0.05, 0) is 63.4 Å². The first-order valence-corrected chi connectivity index (χ1v) is 13.9. The maximum Gasteiger partial charge on any atom is 0.330 e. The second kappa shape index (κ2) is 15.9. The quantitative estimate of drug-likeness (QED) is 0.0492. The number of ether oxygens (including phenoxy) is 4. The molecule has 1 N–H and O–H groups in total. The van der Waals surface area contributed by atoms with E-state index in [2.05, 4.69) is 25.3 Å². The maximum absolute atomic E-state index is 11.1. The van der Waals surface area contributed by atoms with Gasteiger partial charge in [0, 0.05) is 25.0 Å². The Morgan fingerprint density at radius 3 is 1.70 bits per heavy atom. The first-order chi connectivity index (χ1) is 21.0. The molecule has 0 aliphatic carbocycles. The van der Waals surface area contributed by atoms with E-state index in [1.54, 1.807) is 12.1 Å². The third-order valence-electron chi connectivity index (χ3n) is 6.58. The average molecular weight is 583 g/mol. The molecule has 1 atom stereocenters. The zero-order valence-electron chi connectivity index (χ0n) is 23.8. The number of carbonyl (C=O) groups is 2. The third-order valence-corrected chi connectivity index (χ3v) is 6.58. The highest BCUT2D eigenvalue weighted by atomic mass is 17.1. The summed E-state index contributed by atoms with van der Waals surface area (Å²) in [4.78, 5) is 27.0. The van der Waals surface area contributed by atoms with E-state index in [-0.39, 0.29) is 13.2 Å². The molecular formula is C35H34O8. The number of carbonyl (C=O) groups excluding carboxylic acids is 2. The van der Waals surface area contributed by atoms with Gasteiger partial charge in [-0.3, -0.25) is 5.26 Å². The van der Waals surface area contributed by atoms with Crippen molar-refractivity contribution >= 4 is 22.7 Å². The Hall–Kier alpha value is -4.92. The van der Waals surface area contributed by atoms with Gasteiger partial charge in [-0.25, -0.2) is 14.5 Å². The molecule has 222 valence electrons. The highest BCUT2D eigenvalue weighted by molar-refractivity contribution is 5.88. The molecule has 1 unspecified atom stereocenters. The minimum absolute atomic E-state index is 0.258. The van der Waals surface area contributed by atoms with Gasteiger partial charge in [-0.2, -0.15) is 0 Å². The number of rotatable bonds is 16. The van der Waals surface area contributed by atoms with E-state index in [0.29, 0.717) is 31.8 Å². The average Bonchev–Trinajstić information content (AvgIpc) is 3.05. The van der Waals surface area contributed by atoms with Gasteiger partial charge in [0.05, 0.1) is 26.4 Å². The summed E-state index contributed by atoms with van der Waals surface area (Å²) in [6.07, 6.45) is 2.75. The zero-order chi connectivity index (χ0) is 30.4. The lowest BCUT2D eigenvalue weighted by atomic mass is 9.97. The summed E-state index contributed by atoms with van der Waals surface area (Å²) in [6, 6.07) is 27.3. The van der Waals surface area contributed by atoms with Crippen LogP contribution in [0.2, 0.25) is 0 Å². The molecule has 0 saturated heterocycles. The lowest BCUT2D eigenvalue weighted by molar-refractivity contribution is -0.270. The molecule has 0 radical (unpaired) electrons. The van der Waals surface area contributed by atoms with Gasteiger partial charge in [0.2, 0.25) is 0 Å². The highest BCUT2D eigenvalue weighted by Crippen LogP contribution is 2.31. The highest BCUT2D eigenvalue weighted by Gasteiger charge is 2.15. The van der Waals surface area contributed by atoms with Gasteiger partial charge in [-0.1, -0.05) is 67.8 Å². The Morgan fingerprint density at radius 2 is 1.12 bits per heavy atom. The SMILES string of the molecule is C=CC(=O)OCCCOc1ccc(C(OO)c2ccc(-c3ccc4cc(OCCCOC(=O)C=C)ccc4c3)cc2)cc1. The molecule has 0 heterocycles. The number of fused-ring (bicyclic) bond motifs is 1. The van der Waals surface area contributed by atoms with Crippen LogP contribution in [0.4, 0.5) is 0 Å². The molecule has 0 saturated carbocycles.